The number of aromatic amines is 1. The number of nitrogens with one attached hydrogen (secondary N) is 3. The van der Waals surface area contributed by atoms with E-state index in [4.69, 9.17) is 16.7 Å². The number of halogens is 1. The predicted molar refractivity (Wildman–Crippen MR) is 76.6 cm³/mol. The Bertz CT molecular complexity index is 667. The summed E-state index contributed by atoms with van der Waals surface area (Å²) >= 11 is 5.91. The van der Waals surface area contributed by atoms with Crippen molar-refractivity contribution in [2.75, 3.05) is 10.6 Å². The third kappa shape index (κ3) is 2.92. The summed E-state index contributed by atoms with van der Waals surface area (Å²) in [6.07, 6.45) is 1.42. The standard InChI is InChI=1S/C13H12ClN3O3/c1-7-11(12(18)19)10(6-15-7)17-13(20)16-9-5-3-2-4-8(9)14/h2-6,15H,1H3,(H,18,19)(H2,16,17,20). The van der Waals surface area contributed by atoms with Crippen LogP contribution in [0, 0.1) is 6.92 Å². The van der Waals surface area contributed by atoms with Crippen LogP contribution < -0.4 is 10.6 Å². The Balaban J connectivity index is 2.13. The van der Waals surface area contributed by atoms with Crippen molar-refractivity contribution >= 4 is 35.0 Å². The largest absolute Gasteiger partial charge is 0.478 e. The first-order chi connectivity index (χ1) is 9.49. The van der Waals surface area contributed by atoms with Gasteiger partial charge in [-0.15, -0.1) is 0 Å². The molecular formula is C13H12ClN3O3. The molecule has 0 saturated carbocycles. The number of carboxylic acids is 1. The molecule has 0 aliphatic rings. The van der Waals surface area contributed by atoms with E-state index in [-0.39, 0.29) is 11.3 Å². The fourth-order valence-corrected chi connectivity index (χ4v) is 1.92. The zero-order valence-corrected chi connectivity index (χ0v) is 11.3. The van der Waals surface area contributed by atoms with Crippen LogP contribution >= 0.6 is 11.6 Å². The minimum atomic E-state index is -1.11. The number of urea groups is 1. The van der Waals surface area contributed by atoms with Crippen LogP contribution in [-0.2, 0) is 0 Å². The Labute approximate surface area is 119 Å². The zero-order valence-electron chi connectivity index (χ0n) is 10.5. The van der Waals surface area contributed by atoms with Crippen molar-refractivity contribution < 1.29 is 14.7 Å². The lowest BCUT2D eigenvalue weighted by Crippen LogP contribution is -2.20. The Morgan fingerprint density at radius 2 is 1.85 bits per heavy atom. The highest BCUT2D eigenvalue weighted by atomic mass is 35.5. The molecule has 0 bridgehead atoms. The maximum atomic E-state index is 11.8. The van der Waals surface area contributed by atoms with Gasteiger partial charge in [0.05, 0.1) is 16.4 Å². The van der Waals surface area contributed by atoms with Crippen LogP contribution in [0.1, 0.15) is 16.1 Å². The molecule has 0 aliphatic heterocycles. The zero-order chi connectivity index (χ0) is 14.7. The molecule has 6 nitrogen and oxygen atoms in total. The lowest BCUT2D eigenvalue weighted by Gasteiger charge is -2.08. The Hall–Kier alpha value is -2.47. The van der Waals surface area contributed by atoms with Crippen molar-refractivity contribution in [2.24, 2.45) is 0 Å². The number of anilines is 2. The molecule has 1 heterocycles. The highest BCUT2D eigenvalue weighted by molar-refractivity contribution is 6.33. The first kappa shape index (κ1) is 14.0. The van der Waals surface area contributed by atoms with Gasteiger partial charge in [0.25, 0.3) is 0 Å². The van der Waals surface area contributed by atoms with E-state index in [9.17, 15) is 9.59 Å². The van der Waals surface area contributed by atoms with Gasteiger partial charge in [-0.25, -0.2) is 9.59 Å². The number of amides is 2. The molecule has 4 N–H and O–H groups in total. The van der Waals surface area contributed by atoms with Gasteiger partial charge in [-0.3, -0.25) is 0 Å². The normalized spacial score (nSPS) is 10.1. The SMILES string of the molecule is Cc1[nH]cc(NC(=O)Nc2ccccc2Cl)c1C(=O)O. The maximum Gasteiger partial charge on any atom is 0.339 e. The van der Waals surface area contributed by atoms with Crippen LogP contribution in [0.25, 0.3) is 0 Å². The fourth-order valence-electron chi connectivity index (χ4n) is 1.74. The van der Waals surface area contributed by atoms with Crippen molar-refractivity contribution in [3.63, 3.8) is 0 Å². The lowest BCUT2D eigenvalue weighted by molar-refractivity contribution is 0.0697. The number of carbonyl (C=O) groups excluding carboxylic acids is 1. The first-order valence-electron chi connectivity index (χ1n) is 5.73. The second-order valence-electron chi connectivity index (χ2n) is 4.07. The Kier molecular flexibility index (Phi) is 3.95. The number of carboxylic acid groups (broad SMARTS) is 1. The molecule has 0 unspecified atom stereocenters. The lowest BCUT2D eigenvalue weighted by atomic mass is 10.2. The Morgan fingerprint density at radius 3 is 2.50 bits per heavy atom. The summed E-state index contributed by atoms with van der Waals surface area (Å²) in [5.41, 5.74) is 1.13. The molecule has 0 fully saturated rings. The van der Waals surface area contributed by atoms with Crippen LogP contribution in [0.3, 0.4) is 0 Å². The van der Waals surface area contributed by atoms with E-state index in [1.807, 2.05) is 0 Å². The molecule has 0 radical (unpaired) electrons. The molecule has 2 amide bonds. The summed E-state index contributed by atoms with van der Waals surface area (Å²) in [4.78, 5) is 25.7. The number of H-pyrrole nitrogens is 1. The van der Waals surface area contributed by atoms with E-state index in [0.717, 1.165) is 0 Å². The van der Waals surface area contributed by atoms with Crippen molar-refractivity contribution in [3.8, 4) is 0 Å². The smallest absolute Gasteiger partial charge is 0.339 e. The van der Waals surface area contributed by atoms with E-state index < -0.39 is 12.0 Å². The number of aromatic carboxylic acids is 1. The van der Waals surface area contributed by atoms with E-state index in [2.05, 4.69) is 15.6 Å². The number of carbonyl (C=O) groups is 2. The van der Waals surface area contributed by atoms with Crippen LogP contribution in [0.15, 0.2) is 30.5 Å². The molecule has 0 spiro atoms. The molecule has 2 rings (SSSR count). The van der Waals surface area contributed by atoms with Crippen molar-refractivity contribution in [3.05, 3.63) is 46.7 Å². The summed E-state index contributed by atoms with van der Waals surface area (Å²) in [7, 11) is 0. The number of hydrogen-bond donors (Lipinski definition) is 4. The molecule has 0 atom stereocenters. The number of para-hydroxylation sites is 1. The maximum absolute atomic E-state index is 11.8. The second-order valence-corrected chi connectivity index (χ2v) is 4.47. The number of aryl methyl sites for hydroxylation is 1. The average Bonchev–Trinajstić information content (AvgIpc) is 2.73. The quantitative estimate of drug-likeness (QED) is 0.699. The molecule has 20 heavy (non-hydrogen) atoms. The third-order valence-electron chi connectivity index (χ3n) is 2.66. The van der Waals surface area contributed by atoms with Crippen molar-refractivity contribution in [2.45, 2.75) is 6.92 Å². The molecular weight excluding hydrogens is 282 g/mol. The first-order valence-corrected chi connectivity index (χ1v) is 6.10. The van der Waals surface area contributed by atoms with Crippen LogP contribution in [0.5, 0.6) is 0 Å². The van der Waals surface area contributed by atoms with Gasteiger partial charge in [0.1, 0.15) is 5.56 Å². The van der Waals surface area contributed by atoms with Crippen LogP contribution in [-0.4, -0.2) is 22.1 Å². The highest BCUT2D eigenvalue weighted by Crippen LogP contribution is 2.22. The molecule has 0 saturated heterocycles. The van der Waals surface area contributed by atoms with E-state index >= 15 is 0 Å². The van der Waals surface area contributed by atoms with Gasteiger partial charge in [0, 0.05) is 11.9 Å². The predicted octanol–water partition coefficient (Wildman–Crippen LogP) is 3.32. The summed E-state index contributed by atoms with van der Waals surface area (Å²) in [5, 5.41) is 14.5. The molecule has 1 aromatic heterocycles. The average molecular weight is 294 g/mol. The van der Waals surface area contributed by atoms with Gasteiger partial charge in [0.15, 0.2) is 0 Å². The summed E-state index contributed by atoms with van der Waals surface area (Å²) in [6.45, 7) is 1.61. The van der Waals surface area contributed by atoms with Gasteiger partial charge in [-0.2, -0.15) is 0 Å². The molecule has 7 heteroatoms. The molecule has 2 aromatic rings. The minimum Gasteiger partial charge on any atom is -0.478 e. The second kappa shape index (κ2) is 5.66. The summed E-state index contributed by atoms with van der Waals surface area (Å²) in [6, 6.07) is 6.18. The molecule has 0 aliphatic carbocycles. The van der Waals surface area contributed by atoms with Crippen molar-refractivity contribution in [1.29, 1.82) is 0 Å². The third-order valence-corrected chi connectivity index (χ3v) is 2.99. The van der Waals surface area contributed by atoms with E-state index in [1.54, 1.807) is 31.2 Å². The topological polar surface area (TPSA) is 94.2 Å². The Morgan fingerprint density at radius 1 is 1.20 bits per heavy atom. The van der Waals surface area contributed by atoms with Gasteiger partial charge in [-0.05, 0) is 19.1 Å². The molecule has 104 valence electrons. The van der Waals surface area contributed by atoms with E-state index in [0.29, 0.717) is 16.4 Å². The van der Waals surface area contributed by atoms with Crippen molar-refractivity contribution in [1.82, 2.24) is 4.98 Å². The number of rotatable bonds is 3. The van der Waals surface area contributed by atoms with Gasteiger partial charge >= 0.3 is 12.0 Å². The van der Waals surface area contributed by atoms with Crippen LogP contribution in [0.4, 0.5) is 16.2 Å². The van der Waals surface area contributed by atoms with Gasteiger partial charge in [0.2, 0.25) is 0 Å². The number of hydrogen-bond acceptors (Lipinski definition) is 2. The fraction of sp³-hybridized carbons (Fsp3) is 0.0769. The summed E-state index contributed by atoms with van der Waals surface area (Å²) < 4.78 is 0. The summed E-state index contributed by atoms with van der Waals surface area (Å²) in [5.74, 6) is -1.11. The number of aromatic nitrogens is 1. The van der Waals surface area contributed by atoms with Gasteiger partial charge in [-0.1, -0.05) is 23.7 Å². The van der Waals surface area contributed by atoms with Gasteiger partial charge < -0.3 is 20.7 Å². The highest BCUT2D eigenvalue weighted by Gasteiger charge is 2.17. The minimum absolute atomic E-state index is 0.0271. The monoisotopic (exact) mass is 293 g/mol. The number of benzene rings is 1. The van der Waals surface area contributed by atoms with E-state index in [1.165, 1.54) is 6.20 Å². The molecule has 1 aromatic carbocycles. The van der Waals surface area contributed by atoms with Crippen LogP contribution in [0.2, 0.25) is 5.02 Å².